The highest BCUT2D eigenvalue weighted by Crippen LogP contribution is 2.20. The van der Waals surface area contributed by atoms with Crippen molar-refractivity contribution in [1.82, 2.24) is 0 Å². The lowest BCUT2D eigenvalue weighted by Gasteiger charge is -2.26. The van der Waals surface area contributed by atoms with Crippen LogP contribution in [-0.2, 0) is 33.3 Å². The number of hydrogen-bond acceptors (Lipinski definition) is 8. The molecule has 0 saturated heterocycles. The normalized spacial score (nSPS) is 12.7. The van der Waals surface area contributed by atoms with Gasteiger partial charge in [0, 0.05) is 12.8 Å². The Kier molecular flexibility index (Phi) is 69.8. The molecule has 0 aromatic heterocycles. The van der Waals surface area contributed by atoms with Gasteiger partial charge in [-0.05, 0) is 44.9 Å². The van der Waals surface area contributed by atoms with Gasteiger partial charge < -0.3 is 33.3 Å². The van der Waals surface area contributed by atoms with E-state index < -0.39 is 24.3 Å². The summed E-state index contributed by atoms with van der Waals surface area (Å²) >= 11 is 0. The van der Waals surface area contributed by atoms with Crippen molar-refractivity contribution in [3.05, 3.63) is 24.3 Å². The van der Waals surface area contributed by atoms with E-state index in [0.29, 0.717) is 17.4 Å². The molecule has 89 heavy (non-hydrogen) atoms. The molecular weight excluding hydrogens is 1100 g/mol. The van der Waals surface area contributed by atoms with Crippen molar-refractivity contribution in [2.45, 2.75) is 424 Å². The molecule has 0 aromatic carbocycles. The third-order valence-electron chi connectivity index (χ3n) is 18.2. The number of ether oxygens (including phenoxy) is 4. The molecule has 2 atom stereocenters. The highest BCUT2D eigenvalue weighted by molar-refractivity contribution is 5.70. The molecule has 0 heterocycles. The molecule has 2 unspecified atom stereocenters. The average molecular weight is 1260 g/mol. The molecule has 0 fully saturated rings. The molecule has 0 radical (unpaired) electrons. The third kappa shape index (κ3) is 73.1. The minimum atomic E-state index is -1.62. The van der Waals surface area contributed by atoms with Gasteiger partial charge in [0.2, 0.25) is 0 Å². The van der Waals surface area contributed by atoms with E-state index in [0.717, 1.165) is 44.9 Å². The fourth-order valence-electron chi connectivity index (χ4n) is 12.2. The van der Waals surface area contributed by atoms with E-state index in [1.807, 2.05) is 21.1 Å². The summed E-state index contributed by atoms with van der Waals surface area (Å²) in [5.74, 6) is -2.24. The SMILES string of the molecule is CCCCCCC/C=C\C/C=C\CCCCCCCCCCCCCCCCCCCCCCCCCC(=O)OC(COC(=O)CCCCCCCCCCCCCCCCCCCCCCCCCCCCCCC)COC(OCC[N+](C)(C)C)C(=O)[O-]. The molecule has 0 saturated carbocycles. The number of nitrogens with zero attached hydrogens (tertiary/aromatic N) is 1. The Balaban J connectivity index is 3.97. The molecule has 0 aromatic rings. The first kappa shape index (κ1) is 86.8. The molecule has 0 aliphatic rings. The van der Waals surface area contributed by atoms with Crippen LogP contribution < -0.4 is 5.11 Å². The van der Waals surface area contributed by atoms with E-state index in [1.54, 1.807) is 0 Å². The summed E-state index contributed by atoms with van der Waals surface area (Å²) in [4.78, 5) is 37.6. The number of carboxylic acid groups (broad SMARTS) is 1. The highest BCUT2D eigenvalue weighted by atomic mass is 16.7. The van der Waals surface area contributed by atoms with Crippen LogP contribution in [0.3, 0.4) is 0 Å². The zero-order valence-corrected chi connectivity index (χ0v) is 60.3. The lowest BCUT2D eigenvalue weighted by Crippen LogP contribution is -2.44. The monoisotopic (exact) mass is 1260 g/mol. The lowest BCUT2D eigenvalue weighted by molar-refractivity contribution is -0.870. The second-order valence-corrected chi connectivity index (χ2v) is 28.4. The molecule has 0 aliphatic heterocycles. The lowest BCUT2D eigenvalue weighted by atomic mass is 10.0. The van der Waals surface area contributed by atoms with Gasteiger partial charge in [-0.2, -0.15) is 0 Å². The van der Waals surface area contributed by atoms with E-state index in [9.17, 15) is 19.5 Å². The van der Waals surface area contributed by atoms with Gasteiger partial charge in [0.15, 0.2) is 12.4 Å². The van der Waals surface area contributed by atoms with E-state index in [-0.39, 0.29) is 32.2 Å². The fraction of sp³-hybridized carbons (Fsp3) is 0.912. The van der Waals surface area contributed by atoms with Crippen molar-refractivity contribution in [2.24, 2.45) is 0 Å². The van der Waals surface area contributed by atoms with Crippen LogP contribution in [0.15, 0.2) is 24.3 Å². The fourth-order valence-corrected chi connectivity index (χ4v) is 12.2. The van der Waals surface area contributed by atoms with Crippen LogP contribution in [0.4, 0.5) is 0 Å². The number of carbonyl (C=O) groups is 3. The zero-order chi connectivity index (χ0) is 64.7. The number of esters is 2. The van der Waals surface area contributed by atoms with Crippen molar-refractivity contribution >= 4 is 17.9 Å². The molecule has 0 aliphatic carbocycles. The largest absolute Gasteiger partial charge is 0.545 e. The summed E-state index contributed by atoms with van der Waals surface area (Å²) in [6.45, 7) is 4.83. The first-order valence-corrected chi connectivity index (χ1v) is 39.5. The maximum absolute atomic E-state index is 13.0. The molecule has 0 spiro atoms. The van der Waals surface area contributed by atoms with E-state index in [4.69, 9.17) is 18.9 Å². The third-order valence-corrected chi connectivity index (χ3v) is 18.2. The predicted octanol–water partition coefficient (Wildman–Crippen LogP) is 23.6. The first-order chi connectivity index (χ1) is 43.6. The van der Waals surface area contributed by atoms with Crippen LogP contribution in [0.25, 0.3) is 0 Å². The summed E-state index contributed by atoms with van der Waals surface area (Å²) in [5.41, 5.74) is 0. The van der Waals surface area contributed by atoms with E-state index in [1.165, 1.54) is 340 Å². The number of hydrogen-bond donors (Lipinski definition) is 0. The quantitative estimate of drug-likeness (QED) is 0.0195. The Bertz CT molecular complexity index is 1510. The molecule has 0 amide bonds. The molecule has 0 N–H and O–H groups in total. The molecule has 526 valence electrons. The maximum atomic E-state index is 13.0. The Labute approximate surface area is 554 Å². The molecule has 9 heteroatoms. The van der Waals surface area contributed by atoms with Gasteiger partial charge in [-0.15, -0.1) is 0 Å². The summed E-state index contributed by atoms with van der Waals surface area (Å²) in [6.07, 6.45) is 87.3. The Morgan fingerprint density at radius 3 is 0.888 bits per heavy atom. The van der Waals surface area contributed by atoms with Crippen molar-refractivity contribution in [3.63, 3.8) is 0 Å². The van der Waals surface area contributed by atoms with Crippen LogP contribution >= 0.6 is 0 Å². The van der Waals surface area contributed by atoms with Crippen LogP contribution in [0.1, 0.15) is 412 Å². The topological polar surface area (TPSA) is 111 Å². The number of allylic oxidation sites excluding steroid dienone is 4. The molecule has 0 bridgehead atoms. The van der Waals surface area contributed by atoms with Crippen molar-refractivity contribution in [1.29, 1.82) is 0 Å². The summed E-state index contributed by atoms with van der Waals surface area (Å²) in [5, 5.41) is 11.9. The van der Waals surface area contributed by atoms with Gasteiger partial charge in [-0.3, -0.25) is 9.59 Å². The minimum absolute atomic E-state index is 0.152. The van der Waals surface area contributed by atoms with E-state index in [2.05, 4.69) is 38.2 Å². The maximum Gasteiger partial charge on any atom is 0.306 e. The highest BCUT2D eigenvalue weighted by Gasteiger charge is 2.22. The minimum Gasteiger partial charge on any atom is -0.545 e. The van der Waals surface area contributed by atoms with E-state index >= 15 is 0 Å². The van der Waals surface area contributed by atoms with Crippen molar-refractivity contribution in [3.8, 4) is 0 Å². The number of likely N-dealkylation sites (N-methyl/N-ethyl adjacent to an activating group) is 1. The number of unbranched alkanes of at least 4 members (excludes halogenated alkanes) is 56. The smallest absolute Gasteiger partial charge is 0.306 e. The Morgan fingerprint density at radius 1 is 0.337 bits per heavy atom. The van der Waals surface area contributed by atoms with Gasteiger partial charge in [0.1, 0.15) is 13.2 Å². The number of carbonyl (C=O) groups excluding carboxylic acids is 3. The molecular formula is C80H153NO8. The van der Waals surface area contributed by atoms with Gasteiger partial charge in [0.25, 0.3) is 0 Å². The standard InChI is InChI=1S/C80H153NO8/c1-6-8-10-12-14-16-18-20-22-24-26-28-30-32-34-36-37-38-39-40-41-43-45-47-49-51-53-55-57-59-61-63-65-67-69-71-78(83)89-76(75-88-80(79(84)85)86-73-72-81(3,4)5)74-87-77(82)70-68-66-64-62-60-58-56-54-52-50-48-46-44-42-35-33-31-29-27-25-23-21-19-17-15-13-11-9-7-2/h18,20,24,26,76,80H,6-17,19,21-23,25,27-75H2,1-5H3/b20-18-,26-24-. The predicted molar refractivity (Wildman–Crippen MR) is 380 cm³/mol. The van der Waals surface area contributed by atoms with Gasteiger partial charge in [-0.1, -0.05) is 378 Å². The number of aliphatic carboxylic acids is 1. The molecule has 0 rings (SSSR count). The zero-order valence-electron chi connectivity index (χ0n) is 60.3. The second kappa shape index (κ2) is 71.6. The van der Waals surface area contributed by atoms with Gasteiger partial charge >= 0.3 is 11.9 Å². The Hall–Kier alpha value is -2.23. The van der Waals surface area contributed by atoms with Crippen LogP contribution in [0.5, 0.6) is 0 Å². The second-order valence-electron chi connectivity index (χ2n) is 28.4. The van der Waals surface area contributed by atoms with Crippen LogP contribution in [0.2, 0.25) is 0 Å². The van der Waals surface area contributed by atoms with Crippen LogP contribution in [-0.4, -0.2) is 82.3 Å². The summed E-state index contributed by atoms with van der Waals surface area (Å²) < 4.78 is 22.9. The summed E-state index contributed by atoms with van der Waals surface area (Å²) in [6, 6.07) is 0. The average Bonchev–Trinajstić information content (AvgIpc) is 3.64. The number of quaternary nitrogens is 1. The van der Waals surface area contributed by atoms with Crippen LogP contribution in [0, 0.1) is 0 Å². The summed E-state index contributed by atoms with van der Waals surface area (Å²) in [7, 11) is 5.95. The van der Waals surface area contributed by atoms with Crippen molar-refractivity contribution < 1.29 is 42.9 Å². The molecule has 9 nitrogen and oxygen atoms in total. The number of carboxylic acids is 1. The van der Waals surface area contributed by atoms with Gasteiger partial charge in [0.05, 0.1) is 40.3 Å². The number of rotatable bonds is 75. The Morgan fingerprint density at radius 2 is 0.607 bits per heavy atom. The van der Waals surface area contributed by atoms with Gasteiger partial charge in [-0.25, -0.2) is 0 Å². The first-order valence-electron chi connectivity index (χ1n) is 39.5. The van der Waals surface area contributed by atoms with Crippen molar-refractivity contribution in [2.75, 3.05) is 47.5 Å².